The van der Waals surface area contributed by atoms with Crippen molar-refractivity contribution in [1.29, 1.82) is 0 Å². The van der Waals surface area contributed by atoms with Gasteiger partial charge in [0.25, 0.3) is 5.91 Å². The first-order valence-electron chi connectivity index (χ1n) is 7.67. The second-order valence-corrected chi connectivity index (χ2v) is 6.05. The third-order valence-corrected chi connectivity index (χ3v) is 4.20. The zero-order valence-corrected chi connectivity index (χ0v) is 13.8. The predicted molar refractivity (Wildman–Crippen MR) is 94.7 cm³/mol. The molecule has 0 aliphatic carbocycles. The molecular weight excluding hydrogens is 324 g/mol. The molecular formula is C19H17ClN2O2. The van der Waals surface area contributed by atoms with Crippen LogP contribution in [0.5, 0.6) is 0 Å². The van der Waals surface area contributed by atoms with Crippen LogP contribution in [0, 0.1) is 0 Å². The van der Waals surface area contributed by atoms with Crippen LogP contribution in [0.1, 0.15) is 21.5 Å². The van der Waals surface area contributed by atoms with Crippen molar-refractivity contribution < 1.29 is 9.59 Å². The molecule has 4 nitrogen and oxygen atoms in total. The number of halogens is 1. The van der Waals surface area contributed by atoms with Gasteiger partial charge in [-0.2, -0.15) is 0 Å². The van der Waals surface area contributed by atoms with Crippen LogP contribution in [0.25, 0.3) is 5.70 Å². The van der Waals surface area contributed by atoms with Gasteiger partial charge in [0.15, 0.2) is 0 Å². The number of carbonyl (C=O) groups excluding carboxylic acids is 2. The predicted octanol–water partition coefficient (Wildman–Crippen LogP) is 3.13. The van der Waals surface area contributed by atoms with E-state index in [-0.39, 0.29) is 18.4 Å². The largest absolute Gasteiger partial charge is 0.354 e. The molecule has 0 bridgehead atoms. The molecule has 1 N–H and O–H groups in total. The summed E-state index contributed by atoms with van der Waals surface area (Å²) < 4.78 is 0. The molecule has 0 fully saturated rings. The monoisotopic (exact) mass is 340 g/mol. The summed E-state index contributed by atoms with van der Waals surface area (Å²) in [5.41, 5.74) is 3.00. The minimum atomic E-state index is -0.209. The van der Waals surface area contributed by atoms with Gasteiger partial charge in [-0.3, -0.25) is 14.5 Å². The van der Waals surface area contributed by atoms with Crippen LogP contribution >= 0.6 is 11.6 Å². The normalized spacial score (nSPS) is 13.1. The van der Waals surface area contributed by atoms with E-state index in [0.29, 0.717) is 29.2 Å². The smallest absolute Gasteiger partial charge is 0.259 e. The Labute approximate surface area is 145 Å². The lowest BCUT2D eigenvalue weighted by Crippen LogP contribution is -2.37. The molecule has 0 saturated heterocycles. The summed E-state index contributed by atoms with van der Waals surface area (Å²) in [5, 5.41) is 3.50. The zero-order chi connectivity index (χ0) is 17.1. The Kier molecular flexibility index (Phi) is 4.67. The molecule has 0 aromatic heterocycles. The average molecular weight is 341 g/mol. The highest BCUT2D eigenvalue weighted by molar-refractivity contribution is 6.30. The van der Waals surface area contributed by atoms with Gasteiger partial charge in [0.2, 0.25) is 5.91 Å². The Bertz CT molecular complexity index is 782. The fourth-order valence-corrected chi connectivity index (χ4v) is 2.95. The second kappa shape index (κ2) is 6.89. The van der Waals surface area contributed by atoms with Crippen molar-refractivity contribution >= 4 is 29.1 Å². The molecule has 5 heteroatoms. The topological polar surface area (TPSA) is 49.4 Å². The van der Waals surface area contributed by atoms with Crippen LogP contribution in [-0.2, 0) is 11.2 Å². The molecule has 0 spiro atoms. The van der Waals surface area contributed by atoms with Gasteiger partial charge < -0.3 is 5.32 Å². The summed E-state index contributed by atoms with van der Waals surface area (Å²) in [6.07, 6.45) is 0.682. The standard InChI is InChI=1S/C19H17ClN2O2/c1-13-16-7-2-3-8-17(16)19(24)22(13)12-18(23)21-10-9-14-5-4-6-15(20)11-14/h2-8,11H,1,9-10,12H2,(H,21,23). The molecule has 122 valence electrons. The van der Waals surface area contributed by atoms with E-state index in [2.05, 4.69) is 11.9 Å². The van der Waals surface area contributed by atoms with E-state index in [0.717, 1.165) is 11.1 Å². The van der Waals surface area contributed by atoms with E-state index in [1.807, 2.05) is 36.4 Å². The summed E-state index contributed by atoms with van der Waals surface area (Å²) in [7, 11) is 0. The summed E-state index contributed by atoms with van der Waals surface area (Å²) in [4.78, 5) is 25.9. The number of rotatable bonds is 5. The number of fused-ring (bicyclic) bond motifs is 1. The van der Waals surface area contributed by atoms with Crippen molar-refractivity contribution in [2.24, 2.45) is 0 Å². The number of carbonyl (C=O) groups is 2. The van der Waals surface area contributed by atoms with Crippen LogP contribution in [0.3, 0.4) is 0 Å². The van der Waals surface area contributed by atoms with E-state index < -0.39 is 0 Å². The van der Waals surface area contributed by atoms with Crippen LogP contribution in [0.2, 0.25) is 5.02 Å². The minimum absolute atomic E-state index is 0.0259. The Morgan fingerprint density at radius 2 is 1.88 bits per heavy atom. The van der Waals surface area contributed by atoms with Crippen molar-refractivity contribution in [2.45, 2.75) is 6.42 Å². The molecule has 24 heavy (non-hydrogen) atoms. The van der Waals surface area contributed by atoms with E-state index in [9.17, 15) is 9.59 Å². The highest BCUT2D eigenvalue weighted by Gasteiger charge is 2.31. The molecule has 2 aromatic rings. The highest BCUT2D eigenvalue weighted by Crippen LogP contribution is 2.30. The zero-order valence-electron chi connectivity index (χ0n) is 13.1. The second-order valence-electron chi connectivity index (χ2n) is 5.61. The Morgan fingerprint density at radius 1 is 1.12 bits per heavy atom. The molecule has 1 aliphatic rings. The molecule has 0 saturated carbocycles. The van der Waals surface area contributed by atoms with Crippen molar-refractivity contribution in [3.63, 3.8) is 0 Å². The number of nitrogens with zero attached hydrogens (tertiary/aromatic N) is 1. The summed E-state index contributed by atoms with van der Waals surface area (Å²) in [6.45, 7) is 4.39. The third-order valence-electron chi connectivity index (χ3n) is 3.97. The Balaban J connectivity index is 1.54. The quantitative estimate of drug-likeness (QED) is 0.909. The van der Waals surface area contributed by atoms with E-state index in [1.165, 1.54) is 4.90 Å². The van der Waals surface area contributed by atoms with E-state index in [4.69, 9.17) is 11.6 Å². The van der Waals surface area contributed by atoms with Gasteiger partial charge in [-0.15, -0.1) is 0 Å². The molecule has 2 aromatic carbocycles. The lowest BCUT2D eigenvalue weighted by atomic mass is 10.1. The average Bonchev–Trinajstić information content (AvgIpc) is 2.80. The number of nitrogens with one attached hydrogen (secondary N) is 1. The Morgan fingerprint density at radius 3 is 2.58 bits per heavy atom. The van der Waals surface area contributed by atoms with Gasteiger partial charge in [0.1, 0.15) is 6.54 Å². The van der Waals surface area contributed by atoms with Gasteiger partial charge in [-0.1, -0.05) is 48.5 Å². The maximum atomic E-state index is 12.3. The van der Waals surface area contributed by atoms with Crippen molar-refractivity contribution in [2.75, 3.05) is 13.1 Å². The molecule has 0 atom stereocenters. The van der Waals surface area contributed by atoms with Gasteiger partial charge in [-0.05, 0) is 30.2 Å². The van der Waals surface area contributed by atoms with Gasteiger partial charge in [0.05, 0.1) is 0 Å². The lowest BCUT2D eigenvalue weighted by Gasteiger charge is -2.17. The maximum absolute atomic E-state index is 12.3. The minimum Gasteiger partial charge on any atom is -0.354 e. The first-order chi connectivity index (χ1) is 11.6. The molecule has 1 aliphatic heterocycles. The number of amides is 2. The van der Waals surface area contributed by atoms with Crippen molar-refractivity contribution in [3.05, 3.63) is 76.8 Å². The first kappa shape index (κ1) is 16.3. The number of benzene rings is 2. The highest BCUT2D eigenvalue weighted by atomic mass is 35.5. The fraction of sp³-hybridized carbons (Fsp3) is 0.158. The molecule has 2 amide bonds. The lowest BCUT2D eigenvalue weighted by molar-refractivity contribution is -0.121. The third kappa shape index (κ3) is 3.34. The Hall–Kier alpha value is -2.59. The molecule has 0 unspecified atom stereocenters. The summed E-state index contributed by atoms with van der Waals surface area (Å²) in [5.74, 6) is -0.389. The summed E-state index contributed by atoms with van der Waals surface area (Å²) in [6, 6.07) is 14.8. The maximum Gasteiger partial charge on any atom is 0.259 e. The van der Waals surface area contributed by atoms with Crippen molar-refractivity contribution in [1.82, 2.24) is 10.2 Å². The van der Waals surface area contributed by atoms with Gasteiger partial charge >= 0.3 is 0 Å². The van der Waals surface area contributed by atoms with Crippen molar-refractivity contribution in [3.8, 4) is 0 Å². The number of hydrogen-bond donors (Lipinski definition) is 1. The molecule has 1 heterocycles. The van der Waals surface area contributed by atoms with E-state index >= 15 is 0 Å². The van der Waals surface area contributed by atoms with Crippen LogP contribution in [0.15, 0.2) is 55.1 Å². The molecule has 0 radical (unpaired) electrons. The molecule has 3 rings (SSSR count). The fourth-order valence-electron chi connectivity index (χ4n) is 2.74. The van der Waals surface area contributed by atoms with Gasteiger partial charge in [-0.25, -0.2) is 0 Å². The first-order valence-corrected chi connectivity index (χ1v) is 8.05. The van der Waals surface area contributed by atoms with Crippen LogP contribution in [-0.4, -0.2) is 29.8 Å². The van der Waals surface area contributed by atoms with Crippen LogP contribution in [0.4, 0.5) is 0 Å². The van der Waals surface area contributed by atoms with Crippen LogP contribution < -0.4 is 5.32 Å². The SMILES string of the molecule is C=C1c2ccccc2C(=O)N1CC(=O)NCCc1cccc(Cl)c1. The summed E-state index contributed by atoms with van der Waals surface area (Å²) >= 11 is 5.93. The number of hydrogen-bond acceptors (Lipinski definition) is 2. The van der Waals surface area contributed by atoms with Gasteiger partial charge in [0, 0.05) is 28.4 Å². The van der Waals surface area contributed by atoms with E-state index in [1.54, 1.807) is 12.1 Å².